The Labute approximate surface area is 150 Å². The predicted molar refractivity (Wildman–Crippen MR) is 101 cm³/mol. The van der Waals surface area contributed by atoms with Crippen LogP contribution < -0.4 is 4.90 Å². The van der Waals surface area contributed by atoms with Gasteiger partial charge in [0.2, 0.25) is 5.91 Å². The van der Waals surface area contributed by atoms with Gasteiger partial charge in [-0.15, -0.1) is 6.58 Å². The molecule has 136 valence electrons. The molecule has 5 heteroatoms. The third-order valence-electron chi connectivity index (χ3n) is 5.27. The molecule has 0 aliphatic carbocycles. The van der Waals surface area contributed by atoms with Crippen LogP contribution in [0.25, 0.3) is 0 Å². The van der Waals surface area contributed by atoms with Crippen LogP contribution in [0.1, 0.15) is 19.3 Å². The molecule has 1 aromatic carbocycles. The van der Waals surface area contributed by atoms with E-state index >= 15 is 0 Å². The first kappa shape index (κ1) is 18.1. The molecule has 2 heterocycles. The first-order valence-electron chi connectivity index (χ1n) is 9.31. The lowest BCUT2D eigenvalue weighted by Gasteiger charge is -2.38. The molecule has 2 unspecified atom stereocenters. The Balaban J connectivity index is 1.48. The van der Waals surface area contributed by atoms with E-state index < -0.39 is 0 Å². The molecule has 2 atom stereocenters. The van der Waals surface area contributed by atoms with Gasteiger partial charge in [-0.05, 0) is 31.4 Å². The number of hydrogen-bond acceptors (Lipinski definition) is 4. The number of anilines is 1. The minimum Gasteiger partial charge on any atom is -0.392 e. The van der Waals surface area contributed by atoms with E-state index in [9.17, 15) is 9.90 Å². The summed E-state index contributed by atoms with van der Waals surface area (Å²) >= 11 is 0. The fraction of sp³-hybridized carbons (Fsp3) is 0.550. The minimum absolute atomic E-state index is 0.00745. The maximum absolute atomic E-state index is 12.8. The minimum atomic E-state index is -0.286. The lowest BCUT2D eigenvalue weighted by Crippen LogP contribution is -2.53. The van der Waals surface area contributed by atoms with Crippen LogP contribution in [-0.2, 0) is 4.79 Å². The molecule has 2 fully saturated rings. The van der Waals surface area contributed by atoms with Crippen molar-refractivity contribution in [3.63, 3.8) is 0 Å². The topological polar surface area (TPSA) is 47.0 Å². The lowest BCUT2D eigenvalue weighted by atomic mass is 10.1. The zero-order chi connectivity index (χ0) is 17.6. The van der Waals surface area contributed by atoms with Crippen LogP contribution >= 0.6 is 0 Å². The van der Waals surface area contributed by atoms with Gasteiger partial charge in [-0.3, -0.25) is 14.6 Å². The molecule has 0 radical (unpaired) electrons. The van der Waals surface area contributed by atoms with Gasteiger partial charge in [-0.25, -0.2) is 0 Å². The Morgan fingerprint density at radius 2 is 1.88 bits per heavy atom. The summed E-state index contributed by atoms with van der Waals surface area (Å²) in [6.45, 7) is 8.85. The molecular weight excluding hydrogens is 314 g/mol. The van der Waals surface area contributed by atoms with Crippen LogP contribution in [0, 0.1) is 0 Å². The molecule has 0 spiro atoms. The van der Waals surface area contributed by atoms with Gasteiger partial charge in [0.15, 0.2) is 0 Å². The predicted octanol–water partition coefficient (Wildman–Crippen LogP) is 1.74. The number of aliphatic hydroxyl groups is 1. The molecule has 0 bridgehead atoms. The van der Waals surface area contributed by atoms with Crippen molar-refractivity contribution < 1.29 is 9.90 Å². The Kier molecular flexibility index (Phi) is 6.24. The molecule has 1 N–H and O–H groups in total. The second-order valence-electron chi connectivity index (χ2n) is 6.99. The second kappa shape index (κ2) is 8.61. The molecule has 1 amide bonds. The summed E-state index contributed by atoms with van der Waals surface area (Å²) in [4.78, 5) is 19.3. The first-order valence-corrected chi connectivity index (χ1v) is 9.31. The number of amides is 1. The number of benzene rings is 1. The highest BCUT2D eigenvalue weighted by molar-refractivity contribution is 5.99. The average molecular weight is 343 g/mol. The van der Waals surface area contributed by atoms with E-state index in [0.29, 0.717) is 0 Å². The van der Waals surface area contributed by atoms with Gasteiger partial charge >= 0.3 is 0 Å². The van der Waals surface area contributed by atoms with Crippen LogP contribution in [0.5, 0.6) is 0 Å². The van der Waals surface area contributed by atoms with Gasteiger partial charge in [-0.1, -0.05) is 24.3 Å². The summed E-state index contributed by atoms with van der Waals surface area (Å²) < 4.78 is 0. The number of carbonyl (C=O) groups excluding carboxylic acids is 1. The molecule has 3 rings (SSSR count). The number of para-hydroxylation sites is 1. The van der Waals surface area contributed by atoms with E-state index in [1.807, 2.05) is 41.3 Å². The van der Waals surface area contributed by atoms with Crippen molar-refractivity contribution in [3.8, 4) is 0 Å². The summed E-state index contributed by atoms with van der Waals surface area (Å²) in [5, 5.41) is 10.0. The highest BCUT2D eigenvalue weighted by Crippen LogP contribution is 2.24. The zero-order valence-corrected chi connectivity index (χ0v) is 14.9. The first-order chi connectivity index (χ1) is 12.2. The Morgan fingerprint density at radius 3 is 2.56 bits per heavy atom. The fourth-order valence-electron chi connectivity index (χ4n) is 3.83. The van der Waals surface area contributed by atoms with E-state index in [-0.39, 0.29) is 18.1 Å². The van der Waals surface area contributed by atoms with Crippen LogP contribution in [0.4, 0.5) is 5.69 Å². The third kappa shape index (κ3) is 4.48. The van der Waals surface area contributed by atoms with E-state index in [1.165, 1.54) is 0 Å². The van der Waals surface area contributed by atoms with Crippen LogP contribution in [0.3, 0.4) is 0 Å². The number of aliphatic hydroxyl groups excluding tert-OH is 1. The van der Waals surface area contributed by atoms with E-state index in [0.717, 1.165) is 64.2 Å². The van der Waals surface area contributed by atoms with Gasteiger partial charge in [0.1, 0.15) is 0 Å². The van der Waals surface area contributed by atoms with Crippen molar-refractivity contribution in [3.05, 3.63) is 43.0 Å². The highest BCUT2D eigenvalue weighted by atomic mass is 16.3. The van der Waals surface area contributed by atoms with Crippen molar-refractivity contribution in [1.82, 2.24) is 9.80 Å². The standard InChI is InChI=1S/C20H29N3O2/c1-2-3-9-18(24)16-21-12-14-22(15-13-21)19-10-11-23(20(19)25)17-7-5-4-6-8-17/h2,4-8,18-19,24H,1,3,9-16H2. The second-order valence-corrected chi connectivity index (χ2v) is 6.99. The third-order valence-corrected chi connectivity index (χ3v) is 5.27. The highest BCUT2D eigenvalue weighted by Gasteiger charge is 2.37. The summed E-state index contributed by atoms with van der Waals surface area (Å²) in [5.41, 5.74) is 0.999. The van der Waals surface area contributed by atoms with Gasteiger partial charge in [0.25, 0.3) is 0 Å². The largest absolute Gasteiger partial charge is 0.392 e. The smallest absolute Gasteiger partial charge is 0.244 e. The van der Waals surface area contributed by atoms with Gasteiger partial charge in [-0.2, -0.15) is 0 Å². The average Bonchev–Trinajstić information content (AvgIpc) is 3.03. The molecule has 1 aromatic rings. The van der Waals surface area contributed by atoms with Gasteiger partial charge in [0, 0.05) is 45.0 Å². The molecule has 25 heavy (non-hydrogen) atoms. The quantitative estimate of drug-likeness (QED) is 0.766. The lowest BCUT2D eigenvalue weighted by molar-refractivity contribution is -0.122. The normalized spacial score (nSPS) is 23.8. The van der Waals surface area contributed by atoms with Crippen molar-refractivity contribution in [2.24, 2.45) is 0 Å². The Bertz CT molecular complexity index is 570. The summed E-state index contributed by atoms with van der Waals surface area (Å²) in [6, 6.07) is 9.95. The molecule has 2 aliphatic rings. The van der Waals surface area contributed by atoms with E-state index in [4.69, 9.17) is 0 Å². The van der Waals surface area contributed by atoms with Gasteiger partial charge < -0.3 is 10.0 Å². The molecule has 5 nitrogen and oxygen atoms in total. The van der Waals surface area contributed by atoms with Gasteiger partial charge in [0.05, 0.1) is 12.1 Å². The summed E-state index contributed by atoms with van der Waals surface area (Å²) in [7, 11) is 0. The Morgan fingerprint density at radius 1 is 1.16 bits per heavy atom. The number of carbonyl (C=O) groups is 1. The van der Waals surface area contributed by atoms with Crippen LogP contribution in [0.2, 0.25) is 0 Å². The maximum atomic E-state index is 12.8. The monoisotopic (exact) mass is 343 g/mol. The van der Waals surface area contributed by atoms with Crippen molar-refractivity contribution in [1.29, 1.82) is 0 Å². The van der Waals surface area contributed by atoms with Crippen molar-refractivity contribution >= 4 is 11.6 Å². The molecule has 0 saturated carbocycles. The SMILES string of the molecule is C=CCCC(O)CN1CCN(C2CCN(c3ccccc3)C2=O)CC1. The van der Waals surface area contributed by atoms with Crippen LogP contribution in [0.15, 0.2) is 43.0 Å². The van der Waals surface area contributed by atoms with Crippen LogP contribution in [-0.4, -0.2) is 72.2 Å². The molecule has 0 aromatic heterocycles. The van der Waals surface area contributed by atoms with Crippen molar-refractivity contribution in [2.75, 3.05) is 44.2 Å². The molecule has 2 saturated heterocycles. The van der Waals surface area contributed by atoms with E-state index in [2.05, 4.69) is 16.4 Å². The van der Waals surface area contributed by atoms with Crippen molar-refractivity contribution in [2.45, 2.75) is 31.4 Å². The zero-order valence-electron chi connectivity index (χ0n) is 14.9. The Hall–Kier alpha value is -1.69. The van der Waals surface area contributed by atoms with E-state index in [1.54, 1.807) is 0 Å². The number of β-amino-alcohol motifs (C(OH)–C–C–N with tert-alkyl or cyclic N) is 1. The molecule has 2 aliphatic heterocycles. The maximum Gasteiger partial charge on any atom is 0.244 e. The fourth-order valence-corrected chi connectivity index (χ4v) is 3.83. The number of rotatable bonds is 7. The number of piperazine rings is 1. The summed E-state index contributed by atoms with van der Waals surface area (Å²) in [6.07, 6.45) is 4.09. The summed E-state index contributed by atoms with van der Waals surface area (Å²) in [5.74, 6) is 0.227. The molecular formula is C20H29N3O2. The number of nitrogens with zero attached hydrogens (tertiary/aromatic N) is 3. The number of allylic oxidation sites excluding steroid dienone is 1. The number of hydrogen-bond donors (Lipinski definition) is 1.